The maximum Gasteiger partial charge on any atom is 1.00 e. The number of carbonyl (C=O) groups excluding carboxylic acids is 3. The molecule has 15 heavy (non-hydrogen) atoms. The smallest absolute Gasteiger partial charge is 0.547 e. The fourth-order valence-electron chi connectivity index (χ4n) is 0. The third kappa shape index (κ3) is 31.3. The Labute approximate surface area is 152 Å². The number of carboxylic acids is 3. The molecule has 0 fully saturated rings. The summed E-state index contributed by atoms with van der Waals surface area (Å²) in [6, 6.07) is 0. The van der Waals surface area contributed by atoms with Gasteiger partial charge >= 0.3 is 88.7 Å². The first-order chi connectivity index (χ1) is 5.29. The fraction of sp³-hybridized carbons (Fsp3) is 0.400. The van der Waals surface area contributed by atoms with Gasteiger partial charge in [-0.3, -0.25) is 0 Å². The van der Waals surface area contributed by atoms with Gasteiger partial charge in [0.2, 0.25) is 0 Å². The van der Waals surface area contributed by atoms with Gasteiger partial charge in [-0.15, -0.1) is 0 Å². The Hall–Kier alpha value is 1.37. The van der Waals surface area contributed by atoms with E-state index in [9.17, 15) is 9.90 Å². The predicted molar refractivity (Wildman–Crippen MR) is 26.7 cm³/mol. The summed E-state index contributed by atoms with van der Waals surface area (Å²) in [7, 11) is 0. The molecule has 10 heteroatoms. The van der Waals surface area contributed by atoms with Crippen LogP contribution < -0.4 is 104 Å². The topological polar surface area (TPSA) is 141 Å². The Morgan fingerprint density at radius 1 is 0.933 bits per heavy atom. The van der Waals surface area contributed by atoms with Crippen molar-refractivity contribution >= 4 is 17.9 Å². The summed E-state index contributed by atoms with van der Waals surface area (Å²) in [5, 5.41) is 35.2. The third-order valence-electron chi connectivity index (χ3n) is 0.508. The number of aliphatic hydroxyl groups excluding tert-OH is 1. The van der Waals surface area contributed by atoms with E-state index in [0.29, 0.717) is 0 Å². The summed E-state index contributed by atoms with van der Waals surface area (Å²) in [5.41, 5.74) is 0. The third-order valence-corrected chi connectivity index (χ3v) is 0.508. The van der Waals surface area contributed by atoms with E-state index < -0.39 is 24.0 Å². The molecular formula is C5H5Na3O7. The molecule has 1 unspecified atom stereocenters. The van der Waals surface area contributed by atoms with E-state index in [4.69, 9.17) is 24.9 Å². The summed E-state index contributed by atoms with van der Waals surface area (Å²) in [6.07, 6.45) is -1.34. The summed E-state index contributed by atoms with van der Waals surface area (Å²) in [5.74, 6) is -5.81. The van der Waals surface area contributed by atoms with Crippen LogP contribution in [0.5, 0.6) is 0 Å². The van der Waals surface area contributed by atoms with E-state index in [2.05, 4.69) is 0 Å². The Kier molecular flexibility index (Phi) is 35.4. The van der Waals surface area contributed by atoms with E-state index in [1.54, 1.807) is 0 Å². The van der Waals surface area contributed by atoms with Gasteiger partial charge in [0.25, 0.3) is 0 Å². The average Bonchev–Trinajstić information content (AvgIpc) is 1.88. The second kappa shape index (κ2) is 17.8. The monoisotopic (exact) mass is 246 g/mol. The summed E-state index contributed by atoms with van der Waals surface area (Å²) in [6.45, 7) is 1.13. The van der Waals surface area contributed by atoms with E-state index >= 15 is 0 Å². The van der Waals surface area contributed by atoms with Crippen molar-refractivity contribution in [2.24, 2.45) is 0 Å². The van der Waals surface area contributed by atoms with E-state index in [0.717, 1.165) is 6.92 Å². The van der Waals surface area contributed by atoms with Crippen molar-refractivity contribution in [3.63, 3.8) is 0 Å². The molecule has 0 aliphatic heterocycles. The number of carbonyl (C=O) groups is 3. The molecule has 0 spiro atoms. The molecule has 1 atom stereocenters. The zero-order chi connectivity index (χ0) is 10.3. The molecule has 0 aromatic carbocycles. The minimum atomic E-state index is -2.19. The van der Waals surface area contributed by atoms with E-state index in [1.165, 1.54) is 0 Å². The van der Waals surface area contributed by atoms with Crippen molar-refractivity contribution in [3.05, 3.63) is 0 Å². The van der Waals surface area contributed by atoms with Crippen LogP contribution in [0.15, 0.2) is 0 Å². The molecule has 0 saturated carbocycles. The number of hydrogen-bond donors (Lipinski definition) is 1. The Morgan fingerprint density at radius 3 is 1.07 bits per heavy atom. The maximum atomic E-state index is 9.34. The van der Waals surface area contributed by atoms with E-state index in [-0.39, 0.29) is 88.7 Å². The predicted octanol–water partition coefficient (Wildman–Crippen LogP) is -14.4. The molecule has 70 valence electrons. The van der Waals surface area contributed by atoms with Crippen LogP contribution in [0.4, 0.5) is 0 Å². The zero-order valence-electron chi connectivity index (χ0n) is 8.97. The average molecular weight is 246 g/mol. The first-order valence-corrected chi connectivity index (χ1v) is 2.60. The van der Waals surface area contributed by atoms with Crippen molar-refractivity contribution in [2.45, 2.75) is 13.0 Å². The largest absolute Gasteiger partial charge is 1.00 e. The van der Waals surface area contributed by atoms with Crippen LogP contribution in [-0.2, 0) is 14.4 Å². The molecule has 0 aromatic rings. The molecule has 0 bridgehead atoms. The van der Waals surface area contributed by atoms with Gasteiger partial charge in [0, 0.05) is 0 Å². The minimum Gasteiger partial charge on any atom is -0.547 e. The fourth-order valence-corrected chi connectivity index (χ4v) is 0. The molecule has 0 aromatic heterocycles. The number of hydrogen-bond acceptors (Lipinski definition) is 7. The van der Waals surface area contributed by atoms with Gasteiger partial charge in [-0.25, -0.2) is 0 Å². The SMILES string of the molecule is CC(O)C(=O)[O-].O=C([O-])C(=O)[O-].[Na+].[Na+].[Na+]. The zero-order valence-corrected chi connectivity index (χ0v) is 15.0. The van der Waals surface area contributed by atoms with Crippen molar-refractivity contribution in [2.75, 3.05) is 0 Å². The second-order valence-electron chi connectivity index (χ2n) is 1.57. The van der Waals surface area contributed by atoms with Gasteiger partial charge in [-0.05, 0) is 6.92 Å². The molecule has 7 nitrogen and oxygen atoms in total. The molecule has 1 N–H and O–H groups in total. The summed E-state index contributed by atoms with van der Waals surface area (Å²) >= 11 is 0. The van der Waals surface area contributed by atoms with Crippen LogP contribution in [0.2, 0.25) is 0 Å². The molecule has 0 rings (SSSR count). The molecular weight excluding hydrogens is 241 g/mol. The Bertz CT molecular complexity index is 181. The molecule has 0 aliphatic rings. The molecule has 0 heterocycles. The number of aliphatic hydroxyl groups is 1. The van der Waals surface area contributed by atoms with Gasteiger partial charge in [0.05, 0.1) is 24.0 Å². The Morgan fingerprint density at radius 2 is 1.07 bits per heavy atom. The van der Waals surface area contributed by atoms with Gasteiger partial charge < -0.3 is 34.8 Å². The standard InChI is InChI=1S/C3H6O3.C2H2O4.3Na/c1-2(4)3(5)6;3-1(4)2(5)6;;;/h2,4H,1H3,(H,5,6);(H,3,4)(H,5,6);;;/q;;3*+1/p-3. The first-order valence-electron chi connectivity index (χ1n) is 2.60. The number of aliphatic carboxylic acids is 3. The van der Waals surface area contributed by atoms with Crippen LogP contribution >= 0.6 is 0 Å². The van der Waals surface area contributed by atoms with Crippen LogP contribution in [-0.4, -0.2) is 29.1 Å². The summed E-state index contributed by atoms with van der Waals surface area (Å²) in [4.78, 5) is 27.2. The summed E-state index contributed by atoms with van der Waals surface area (Å²) < 4.78 is 0. The number of rotatable bonds is 1. The molecule has 0 amide bonds. The van der Waals surface area contributed by atoms with Gasteiger partial charge in [-0.1, -0.05) is 0 Å². The molecule has 0 saturated heterocycles. The van der Waals surface area contributed by atoms with Gasteiger partial charge in [0.1, 0.15) is 0 Å². The van der Waals surface area contributed by atoms with Crippen LogP contribution in [0, 0.1) is 0 Å². The Balaban J connectivity index is -0.0000000370. The normalized spacial score (nSPS) is 8.40. The van der Waals surface area contributed by atoms with E-state index in [1.807, 2.05) is 0 Å². The maximum absolute atomic E-state index is 9.34. The van der Waals surface area contributed by atoms with Crippen molar-refractivity contribution < 1.29 is 123 Å². The van der Waals surface area contributed by atoms with Gasteiger partial charge in [-0.2, -0.15) is 0 Å². The van der Waals surface area contributed by atoms with Crippen molar-refractivity contribution in [3.8, 4) is 0 Å². The second-order valence-corrected chi connectivity index (χ2v) is 1.57. The van der Waals surface area contributed by atoms with Crippen LogP contribution in [0.1, 0.15) is 6.92 Å². The minimum absolute atomic E-state index is 0. The van der Waals surface area contributed by atoms with Crippen LogP contribution in [0.25, 0.3) is 0 Å². The number of carboxylic acid groups (broad SMARTS) is 3. The van der Waals surface area contributed by atoms with Crippen LogP contribution in [0.3, 0.4) is 0 Å². The molecule has 0 aliphatic carbocycles. The van der Waals surface area contributed by atoms with Crippen molar-refractivity contribution in [1.82, 2.24) is 0 Å². The quantitative estimate of drug-likeness (QED) is 0.357. The van der Waals surface area contributed by atoms with Crippen molar-refractivity contribution in [1.29, 1.82) is 0 Å². The first kappa shape index (κ1) is 29.9. The van der Waals surface area contributed by atoms with Gasteiger partial charge in [0.15, 0.2) is 0 Å². The molecule has 0 radical (unpaired) electrons.